The molecule has 6 rings (SSSR count). The molecule has 8 nitrogen and oxygen atoms in total. The van der Waals surface area contributed by atoms with Crippen molar-refractivity contribution in [2.24, 2.45) is 12.5 Å². The van der Waals surface area contributed by atoms with Crippen LogP contribution in [0.4, 0.5) is 11.6 Å². The molecule has 2 unspecified atom stereocenters. The summed E-state index contributed by atoms with van der Waals surface area (Å²) in [4.78, 5) is 29.3. The lowest BCUT2D eigenvalue weighted by Crippen LogP contribution is -2.47. The first-order chi connectivity index (χ1) is 18.4. The molecule has 0 aliphatic carbocycles. The number of nitrogens with one attached hydrogen (secondary N) is 1. The number of hydrogen-bond donors (Lipinski definition) is 1. The predicted octanol–water partition coefficient (Wildman–Crippen LogP) is 2.42. The Labute approximate surface area is 227 Å². The first kappa shape index (κ1) is 25.5. The number of benzene rings is 1. The number of nitrogens with zero attached hydrogens (tertiary/aromatic N) is 6. The van der Waals surface area contributed by atoms with E-state index in [-0.39, 0.29) is 11.6 Å². The number of likely N-dealkylation sites (tertiary alicyclic amines) is 1. The minimum Gasteiger partial charge on any atom is -0.371 e. The topological polar surface area (TPSA) is 69.5 Å². The van der Waals surface area contributed by atoms with Crippen LogP contribution in [0.2, 0.25) is 0 Å². The molecule has 3 saturated heterocycles. The van der Waals surface area contributed by atoms with Gasteiger partial charge in [0.15, 0.2) is 0 Å². The van der Waals surface area contributed by atoms with Crippen molar-refractivity contribution in [3.63, 3.8) is 0 Å². The third-order valence-corrected chi connectivity index (χ3v) is 9.27. The third kappa shape index (κ3) is 4.97. The van der Waals surface area contributed by atoms with E-state index < -0.39 is 0 Å². The second-order valence-corrected chi connectivity index (χ2v) is 11.9. The standard InChI is InChI=1S/C29H38N7OP/c1-33-13-8-29(20-33)9-14-35(15-10-29)22-5-3-21(4-6-22)25-19-36(16-12-31-25)28-32-24(17-27(37)34(28)2)23-7-11-30-18-26(23)38/h3-7,11,17-18,25,31H,8-10,12-16,19-20,38H2,1-2H3. The number of rotatable bonds is 4. The Hall–Kier alpha value is -2.80. The van der Waals surface area contributed by atoms with Crippen LogP contribution in [-0.2, 0) is 7.05 Å². The molecule has 2 atom stereocenters. The van der Waals surface area contributed by atoms with Gasteiger partial charge >= 0.3 is 0 Å². The zero-order valence-corrected chi connectivity index (χ0v) is 23.6. The van der Waals surface area contributed by atoms with Crippen molar-refractivity contribution in [2.45, 2.75) is 25.3 Å². The van der Waals surface area contributed by atoms with Gasteiger partial charge in [0.1, 0.15) is 0 Å². The van der Waals surface area contributed by atoms with E-state index >= 15 is 0 Å². The minimum atomic E-state index is -0.0572. The lowest BCUT2D eigenvalue weighted by Gasteiger charge is -2.40. The molecule has 200 valence electrons. The zero-order chi connectivity index (χ0) is 26.3. The van der Waals surface area contributed by atoms with E-state index in [2.05, 4.69) is 65.6 Å². The third-order valence-electron chi connectivity index (χ3n) is 8.81. The average molecular weight is 532 g/mol. The molecule has 9 heteroatoms. The number of hydrogen-bond acceptors (Lipinski definition) is 7. The highest BCUT2D eigenvalue weighted by molar-refractivity contribution is 7.27. The van der Waals surface area contributed by atoms with E-state index in [4.69, 9.17) is 4.98 Å². The predicted molar refractivity (Wildman–Crippen MR) is 157 cm³/mol. The lowest BCUT2D eigenvalue weighted by molar-refractivity contribution is 0.222. The number of pyridine rings is 1. The fraction of sp³-hybridized carbons (Fsp3) is 0.483. The molecule has 0 saturated carbocycles. The quantitative estimate of drug-likeness (QED) is 0.519. The minimum absolute atomic E-state index is 0.0572. The lowest BCUT2D eigenvalue weighted by atomic mass is 9.77. The first-order valence-corrected chi connectivity index (χ1v) is 14.3. The van der Waals surface area contributed by atoms with Gasteiger partial charge in [-0.1, -0.05) is 12.1 Å². The first-order valence-electron chi connectivity index (χ1n) is 13.7. The summed E-state index contributed by atoms with van der Waals surface area (Å²) in [6, 6.07) is 12.8. The number of piperazine rings is 1. The molecule has 3 aliphatic heterocycles. The summed E-state index contributed by atoms with van der Waals surface area (Å²) in [5, 5.41) is 4.60. The van der Waals surface area contributed by atoms with E-state index in [0.29, 0.717) is 17.1 Å². The van der Waals surface area contributed by atoms with Crippen molar-refractivity contribution in [1.82, 2.24) is 24.8 Å². The number of piperidine rings is 1. The molecule has 0 amide bonds. The van der Waals surface area contributed by atoms with Crippen LogP contribution in [0.1, 0.15) is 30.9 Å². The Morgan fingerprint density at radius 1 is 1.00 bits per heavy atom. The van der Waals surface area contributed by atoms with Crippen LogP contribution < -0.4 is 26.0 Å². The maximum atomic E-state index is 12.9. The molecular formula is C29H38N7OP. The van der Waals surface area contributed by atoms with Gasteiger partial charge in [0.2, 0.25) is 5.95 Å². The highest BCUT2D eigenvalue weighted by Gasteiger charge is 2.39. The summed E-state index contributed by atoms with van der Waals surface area (Å²) in [7, 11) is 6.75. The Bertz CT molecular complexity index is 1350. The van der Waals surface area contributed by atoms with E-state index in [0.717, 1.165) is 43.6 Å². The van der Waals surface area contributed by atoms with Gasteiger partial charge in [-0.2, -0.15) is 0 Å². The molecule has 1 aromatic carbocycles. The van der Waals surface area contributed by atoms with Crippen LogP contribution >= 0.6 is 9.24 Å². The SMILES string of the molecule is CN1CCC2(CCN(c3ccc(C4CN(c5nc(-c6ccncc6P)cc(=O)n5C)CCN4)cc3)CC2)C1. The molecule has 1 spiro atoms. The number of anilines is 2. The molecule has 38 heavy (non-hydrogen) atoms. The molecule has 0 radical (unpaired) electrons. The van der Waals surface area contributed by atoms with Crippen molar-refractivity contribution >= 4 is 26.2 Å². The van der Waals surface area contributed by atoms with Crippen LogP contribution in [0.15, 0.2) is 53.6 Å². The van der Waals surface area contributed by atoms with Crippen molar-refractivity contribution in [2.75, 3.05) is 62.7 Å². The van der Waals surface area contributed by atoms with Gasteiger partial charge in [0.25, 0.3) is 5.56 Å². The summed E-state index contributed by atoms with van der Waals surface area (Å²) in [5.74, 6) is 0.705. The van der Waals surface area contributed by atoms with Crippen molar-refractivity contribution in [3.8, 4) is 11.3 Å². The van der Waals surface area contributed by atoms with Gasteiger partial charge in [-0.05, 0) is 67.3 Å². The highest BCUT2D eigenvalue weighted by atomic mass is 31.0. The van der Waals surface area contributed by atoms with E-state index in [1.807, 2.05) is 6.07 Å². The van der Waals surface area contributed by atoms with E-state index in [9.17, 15) is 4.79 Å². The van der Waals surface area contributed by atoms with Gasteiger partial charge < -0.3 is 20.0 Å². The van der Waals surface area contributed by atoms with E-state index in [1.165, 1.54) is 43.6 Å². The van der Waals surface area contributed by atoms with Crippen LogP contribution in [0, 0.1) is 5.41 Å². The molecule has 3 aliphatic rings. The average Bonchev–Trinajstić information content (AvgIpc) is 3.30. The van der Waals surface area contributed by atoms with Gasteiger partial charge in [0, 0.05) is 82.1 Å². The molecule has 5 heterocycles. The molecule has 3 fully saturated rings. The largest absolute Gasteiger partial charge is 0.371 e. The van der Waals surface area contributed by atoms with Gasteiger partial charge in [-0.25, -0.2) is 4.98 Å². The van der Waals surface area contributed by atoms with Gasteiger partial charge in [-0.15, -0.1) is 9.24 Å². The number of aromatic nitrogens is 3. The van der Waals surface area contributed by atoms with Crippen LogP contribution in [0.3, 0.4) is 0 Å². The maximum Gasteiger partial charge on any atom is 0.255 e. The monoisotopic (exact) mass is 531 g/mol. The van der Waals surface area contributed by atoms with Crippen LogP contribution in [0.25, 0.3) is 11.3 Å². The summed E-state index contributed by atoms with van der Waals surface area (Å²) in [6.45, 7) is 7.19. The van der Waals surface area contributed by atoms with Crippen LogP contribution in [0.5, 0.6) is 0 Å². The molecule has 3 aromatic rings. The maximum absolute atomic E-state index is 12.9. The molecule has 1 N–H and O–H groups in total. The highest BCUT2D eigenvalue weighted by Crippen LogP contribution is 2.40. The second kappa shape index (κ2) is 10.4. The molecular weight excluding hydrogens is 493 g/mol. The zero-order valence-electron chi connectivity index (χ0n) is 22.4. The summed E-state index contributed by atoms with van der Waals surface area (Å²) < 4.78 is 1.66. The van der Waals surface area contributed by atoms with Crippen molar-refractivity contribution in [3.05, 3.63) is 64.7 Å². The second-order valence-electron chi connectivity index (χ2n) is 11.3. The van der Waals surface area contributed by atoms with Gasteiger partial charge in [-0.3, -0.25) is 14.3 Å². The smallest absolute Gasteiger partial charge is 0.255 e. The van der Waals surface area contributed by atoms with E-state index in [1.54, 1.807) is 30.1 Å². The Kier molecular flexibility index (Phi) is 6.97. The summed E-state index contributed by atoms with van der Waals surface area (Å²) in [6.07, 6.45) is 7.45. The fourth-order valence-electron chi connectivity index (χ4n) is 6.47. The van der Waals surface area contributed by atoms with Crippen molar-refractivity contribution < 1.29 is 0 Å². The van der Waals surface area contributed by atoms with Crippen molar-refractivity contribution in [1.29, 1.82) is 0 Å². The van der Waals surface area contributed by atoms with Gasteiger partial charge in [0.05, 0.1) is 5.69 Å². The molecule has 0 bridgehead atoms. The Morgan fingerprint density at radius 3 is 2.47 bits per heavy atom. The van der Waals surface area contributed by atoms with Crippen LogP contribution in [-0.4, -0.2) is 72.3 Å². The summed E-state index contributed by atoms with van der Waals surface area (Å²) >= 11 is 0. The fourth-order valence-corrected chi connectivity index (χ4v) is 6.80. The Morgan fingerprint density at radius 2 is 1.76 bits per heavy atom. The normalized spacial score (nSPS) is 21.8. The molecule has 2 aromatic heterocycles. The Balaban J connectivity index is 1.16. The summed E-state index contributed by atoms with van der Waals surface area (Å²) in [5.41, 5.74) is 4.67.